The van der Waals surface area contributed by atoms with Crippen molar-refractivity contribution < 1.29 is 4.79 Å². The molecule has 0 fully saturated rings. The molecule has 0 saturated heterocycles. The third-order valence-corrected chi connectivity index (χ3v) is 6.13. The van der Waals surface area contributed by atoms with Crippen LogP contribution in [0, 0.1) is 0 Å². The number of pyridine rings is 2. The van der Waals surface area contributed by atoms with Crippen LogP contribution < -0.4 is 5.32 Å². The molecule has 138 valence electrons. The van der Waals surface area contributed by atoms with E-state index in [9.17, 15) is 4.79 Å². The summed E-state index contributed by atoms with van der Waals surface area (Å²) in [5.74, 6) is 0.388. The van der Waals surface area contributed by atoms with E-state index in [1.165, 1.54) is 24.1 Å². The number of benzene rings is 1. The summed E-state index contributed by atoms with van der Waals surface area (Å²) in [6.45, 7) is 0.494. The molecule has 1 N–H and O–H groups in total. The Balaban J connectivity index is 1.54. The normalized spacial score (nSPS) is 13.4. The van der Waals surface area contributed by atoms with Gasteiger partial charge < -0.3 is 5.32 Å². The first kappa shape index (κ1) is 18.3. The first-order valence-electron chi connectivity index (χ1n) is 9.10. The lowest BCUT2D eigenvalue weighted by Crippen LogP contribution is -2.24. The third-order valence-electron chi connectivity index (χ3n) is 4.73. The lowest BCUT2D eigenvalue weighted by Gasteiger charge is -2.20. The number of aryl methyl sites for hydroxylation is 1. The van der Waals surface area contributed by atoms with Gasteiger partial charge >= 0.3 is 0 Å². The standard InChI is InChI=1S/C21H20ClN3OS/c22-15-7-8-19-17(10-15)21(16-5-1-2-6-18(16)25-19)27-13-20(26)24-12-14-4-3-9-23-11-14/h3-4,7-11H,1-2,5-6,12-13H2,(H,24,26). The summed E-state index contributed by atoms with van der Waals surface area (Å²) in [6, 6.07) is 9.64. The molecule has 2 heterocycles. The molecule has 0 radical (unpaired) electrons. The molecular weight excluding hydrogens is 378 g/mol. The van der Waals surface area contributed by atoms with Crippen LogP contribution in [0.4, 0.5) is 0 Å². The van der Waals surface area contributed by atoms with Crippen molar-refractivity contribution in [1.29, 1.82) is 0 Å². The second-order valence-electron chi connectivity index (χ2n) is 6.66. The largest absolute Gasteiger partial charge is 0.351 e. The predicted octanol–water partition coefficient (Wildman–Crippen LogP) is 4.57. The summed E-state index contributed by atoms with van der Waals surface area (Å²) >= 11 is 7.82. The molecule has 1 aliphatic carbocycles. The van der Waals surface area contributed by atoms with Gasteiger partial charge in [-0.25, -0.2) is 0 Å². The molecule has 1 aromatic carbocycles. The number of rotatable bonds is 5. The van der Waals surface area contributed by atoms with Gasteiger partial charge in [-0.05, 0) is 61.1 Å². The Morgan fingerprint density at radius 3 is 2.96 bits per heavy atom. The van der Waals surface area contributed by atoms with Crippen molar-refractivity contribution in [3.63, 3.8) is 0 Å². The van der Waals surface area contributed by atoms with Crippen molar-refractivity contribution in [2.24, 2.45) is 0 Å². The second kappa shape index (κ2) is 8.28. The zero-order chi connectivity index (χ0) is 18.6. The summed E-state index contributed by atoms with van der Waals surface area (Å²) < 4.78 is 0. The van der Waals surface area contributed by atoms with Crippen LogP contribution in [0.5, 0.6) is 0 Å². The maximum Gasteiger partial charge on any atom is 0.230 e. The van der Waals surface area contributed by atoms with E-state index in [0.717, 1.165) is 34.2 Å². The SMILES string of the molecule is O=C(CSc1c2c(nc3ccc(Cl)cc13)CCCC2)NCc1cccnc1. The minimum Gasteiger partial charge on any atom is -0.351 e. The first-order chi connectivity index (χ1) is 13.2. The van der Waals surface area contributed by atoms with Gasteiger partial charge in [-0.1, -0.05) is 17.7 Å². The topological polar surface area (TPSA) is 54.9 Å². The molecule has 0 spiro atoms. The highest BCUT2D eigenvalue weighted by Crippen LogP contribution is 2.36. The number of carbonyl (C=O) groups excluding carboxylic acids is 1. The minimum atomic E-state index is 0.0143. The summed E-state index contributed by atoms with van der Waals surface area (Å²) in [5, 5.41) is 4.71. The highest BCUT2D eigenvalue weighted by Gasteiger charge is 2.19. The highest BCUT2D eigenvalue weighted by atomic mass is 35.5. The molecule has 6 heteroatoms. The van der Waals surface area contributed by atoms with Crippen LogP contribution in [0.25, 0.3) is 10.9 Å². The van der Waals surface area contributed by atoms with Crippen molar-refractivity contribution in [2.75, 3.05) is 5.75 Å². The summed E-state index contributed by atoms with van der Waals surface area (Å²) in [4.78, 5) is 22.4. The Morgan fingerprint density at radius 1 is 1.22 bits per heavy atom. The summed E-state index contributed by atoms with van der Waals surface area (Å²) in [5.41, 5.74) is 4.42. The average molecular weight is 398 g/mol. The molecule has 1 amide bonds. The minimum absolute atomic E-state index is 0.0143. The van der Waals surface area contributed by atoms with Crippen LogP contribution in [0.3, 0.4) is 0 Å². The van der Waals surface area contributed by atoms with Gasteiger partial charge in [0.2, 0.25) is 5.91 Å². The third kappa shape index (κ3) is 4.25. The van der Waals surface area contributed by atoms with E-state index in [2.05, 4.69) is 10.3 Å². The van der Waals surface area contributed by atoms with Gasteiger partial charge in [0.1, 0.15) is 0 Å². The van der Waals surface area contributed by atoms with Crippen molar-refractivity contribution >= 4 is 40.2 Å². The van der Waals surface area contributed by atoms with Gasteiger partial charge in [-0.3, -0.25) is 14.8 Å². The Hall–Kier alpha value is -2.11. The number of thioether (sulfide) groups is 1. The summed E-state index contributed by atoms with van der Waals surface area (Å²) in [7, 11) is 0. The lowest BCUT2D eigenvalue weighted by atomic mass is 9.94. The van der Waals surface area contributed by atoms with Crippen molar-refractivity contribution in [1.82, 2.24) is 15.3 Å². The Bertz CT molecular complexity index is 978. The molecule has 3 aromatic rings. The zero-order valence-electron chi connectivity index (χ0n) is 14.9. The highest BCUT2D eigenvalue weighted by molar-refractivity contribution is 8.00. The van der Waals surface area contributed by atoms with Crippen molar-refractivity contribution in [2.45, 2.75) is 37.1 Å². The quantitative estimate of drug-likeness (QED) is 0.640. The zero-order valence-corrected chi connectivity index (χ0v) is 16.4. The van der Waals surface area contributed by atoms with Gasteiger partial charge in [0, 0.05) is 39.9 Å². The van der Waals surface area contributed by atoms with Gasteiger partial charge in [-0.15, -0.1) is 11.8 Å². The Labute approximate surface area is 167 Å². The first-order valence-corrected chi connectivity index (χ1v) is 10.5. The smallest absolute Gasteiger partial charge is 0.230 e. The maximum atomic E-state index is 12.4. The van der Waals surface area contributed by atoms with E-state index >= 15 is 0 Å². The number of amides is 1. The van der Waals surface area contributed by atoms with Crippen LogP contribution in [-0.4, -0.2) is 21.6 Å². The fraction of sp³-hybridized carbons (Fsp3) is 0.286. The molecule has 0 aliphatic heterocycles. The number of hydrogen-bond donors (Lipinski definition) is 1. The number of aromatic nitrogens is 2. The van der Waals surface area contributed by atoms with Crippen LogP contribution in [0.2, 0.25) is 5.02 Å². The predicted molar refractivity (Wildman–Crippen MR) is 110 cm³/mol. The van der Waals surface area contributed by atoms with Crippen molar-refractivity contribution in [3.05, 3.63) is 64.6 Å². The van der Waals surface area contributed by atoms with Gasteiger partial charge in [0.25, 0.3) is 0 Å². The molecule has 0 atom stereocenters. The van der Waals surface area contributed by atoms with Crippen LogP contribution in [0.15, 0.2) is 47.6 Å². The van der Waals surface area contributed by atoms with Gasteiger partial charge in [-0.2, -0.15) is 0 Å². The van der Waals surface area contributed by atoms with E-state index < -0.39 is 0 Å². The van der Waals surface area contributed by atoms with E-state index in [-0.39, 0.29) is 5.91 Å². The number of nitrogens with one attached hydrogen (secondary N) is 1. The molecule has 1 aliphatic rings. The molecule has 2 aromatic heterocycles. The number of hydrogen-bond acceptors (Lipinski definition) is 4. The number of fused-ring (bicyclic) bond motifs is 2. The Kier molecular flexibility index (Phi) is 5.60. The average Bonchev–Trinajstić information content (AvgIpc) is 2.70. The second-order valence-corrected chi connectivity index (χ2v) is 8.08. The molecule has 4 rings (SSSR count). The van der Waals surface area contributed by atoms with Crippen LogP contribution >= 0.6 is 23.4 Å². The van der Waals surface area contributed by atoms with E-state index in [1.807, 2.05) is 30.3 Å². The van der Waals surface area contributed by atoms with E-state index in [4.69, 9.17) is 16.6 Å². The Morgan fingerprint density at radius 2 is 2.11 bits per heavy atom. The molecule has 0 unspecified atom stereocenters. The number of halogens is 1. The number of nitrogens with zero attached hydrogens (tertiary/aromatic N) is 2. The fourth-order valence-electron chi connectivity index (χ4n) is 3.41. The molecular formula is C21H20ClN3OS. The number of carbonyl (C=O) groups is 1. The van der Waals surface area contributed by atoms with E-state index in [0.29, 0.717) is 17.3 Å². The fourth-order valence-corrected chi connectivity index (χ4v) is 4.67. The van der Waals surface area contributed by atoms with Gasteiger partial charge in [0.05, 0.1) is 11.3 Å². The molecule has 4 nitrogen and oxygen atoms in total. The van der Waals surface area contributed by atoms with E-state index in [1.54, 1.807) is 24.2 Å². The van der Waals surface area contributed by atoms with Crippen LogP contribution in [0.1, 0.15) is 29.7 Å². The van der Waals surface area contributed by atoms with Gasteiger partial charge in [0.15, 0.2) is 0 Å². The molecule has 27 heavy (non-hydrogen) atoms. The van der Waals surface area contributed by atoms with Crippen molar-refractivity contribution in [3.8, 4) is 0 Å². The lowest BCUT2D eigenvalue weighted by molar-refractivity contribution is -0.118. The maximum absolute atomic E-state index is 12.4. The van der Waals surface area contributed by atoms with Crippen LogP contribution in [-0.2, 0) is 24.2 Å². The molecule has 0 saturated carbocycles. The molecule has 0 bridgehead atoms. The monoisotopic (exact) mass is 397 g/mol. The summed E-state index contributed by atoms with van der Waals surface area (Å²) in [6.07, 6.45) is 7.86.